The highest BCUT2D eigenvalue weighted by Gasteiger charge is 2.45. The van der Waals surface area contributed by atoms with Crippen LogP contribution in [0.4, 0.5) is 0 Å². The zero-order valence-electron chi connectivity index (χ0n) is 13.1. The third-order valence-electron chi connectivity index (χ3n) is 4.62. The van der Waals surface area contributed by atoms with Gasteiger partial charge in [0, 0.05) is 6.54 Å². The standard InChI is InChI=1S/C16H19NO6S/c18-16(8-11-1-2-13-14(7-11)23-6-5-22-13)17-3-4-21-15-10-24(19,20)9-12(15)17/h1-2,7,12,15H,3-6,8-10H2. The predicted molar refractivity (Wildman–Crippen MR) is 85.0 cm³/mol. The number of rotatable bonds is 2. The highest BCUT2D eigenvalue weighted by atomic mass is 32.2. The van der Waals surface area contributed by atoms with Crippen LogP contribution in [0.1, 0.15) is 5.56 Å². The highest BCUT2D eigenvalue weighted by Crippen LogP contribution is 2.31. The molecule has 0 saturated carbocycles. The van der Waals surface area contributed by atoms with E-state index in [2.05, 4.69) is 0 Å². The Morgan fingerprint density at radius 2 is 1.92 bits per heavy atom. The Labute approximate surface area is 140 Å². The topological polar surface area (TPSA) is 82.1 Å². The van der Waals surface area contributed by atoms with Crippen LogP contribution >= 0.6 is 0 Å². The molecular weight excluding hydrogens is 334 g/mol. The molecule has 0 radical (unpaired) electrons. The van der Waals surface area contributed by atoms with E-state index in [1.165, 1.54) is 0 Å². The lowest BCUT2D eigenvalue weighted by atomic mass is 10.1. The van der Waals surface area contributed by atoms with E-state index < -0.39 is 15.9 Å². The Kier molecular flexibility index (Phi) is 3.88. The number of ether oxygens (including phenoxy) is 3. The lowest BCUT2D eigenvalue weighted by Crippen LogP contribution is -2.53. The number of benzene rings is 1. The maximum atomic E-state index is 12.7. The van der Waals surface area contributed by atoms with Crippen LogP contribution in [-0.4, -0.2) is 69.2 Å². The molecule has 0 spiro atoms. The van der Waals surface area contributed by atoms with Gasteiger partial charge in [0.2, 0.25) is 5.91 Å². The number of sulfone groups is 1. The van der Waals surface area contributed by atoms with Crippen molar-refractivity contribution in [2.45, 2.75) is 18.6 Å². The Morgan fingerprint density at radius 1 is 1.12 bits per heavy atom. The Balaban J connectivity index is 1.49. The molecule has 0 aromatic heterocycles. The third-order valence-corrected chi connectivity index (χ3v) is 6.30. The highest BCUT2D eigenvalue weighted by molar-refractivity contribution is 7.91. The van der Waals surface area contributed by atoms with Crippen LogP contribution in [0.15, 0.2) is 18.2 Å². The summed E-state index contributed by atoms with van der Waals surface area (Å²) in [5, 5.41) is 0. The van der Waals surface area contributed by atoms with Crippen LogP contribution in [-0.2, 0) is 25.8 Å². The summed E-state index contributed by atoms with van der Waals surface area (Å²) in [5.74, 6) is 1.25. The summed E-state index contributed by atoms with van der Waals surface area (Å²) in [7, 11) is -3.14. The van der Waals surface area contributed by atoms with Crippen molar-refractivity contribution in [3.8, 4) is 11.5 Å². The molecule has 1 amide bonds. The molecule has 2 unspecified atom stereocenters. The van der Waals surface area contributed by atoms with Gasteiger partial charge in [0.25, 0.3) is 0 Å². The molecule has 130 valence electrons. The van der Waals surface area contributed by atoms with Crippen LogP contribution < -0.4 is 9.47 Å². The number of hydrogen-bond donors (Lipinski definition) is 0. The summed E-state index contributed by atoms with van der Waals surface area (Å²) < 4.78 is 40.2. The molecule has 2 atom stereocenters. The minimum absolute atomic E-state index is 0.00543. The first-order chi connectivity index (χ1) is 11.5. The van der Waals surface area contributed by atoms with Crippen LogP contribution in [0.5, 0.6) is 11.5 Å². The van der Waals surface area contributed by atoms with Gasteiger partial charge in [0.05, 0.1) is 36.7 Å². The maximum Gasteiger partial charge on any atom is 0.227 e. The Hall–Kier alpha value is -1.80. The summed E-state index contributed by atoms with van der Waals surface area (Å²) in [6.45, 7) is 1.83. The second-order valence-electron chi connectivity index (χ2n) is 6.30. The number of amides is 1. The van der Waals surface area contributed by atoms with E-state index in [9.17, 15) is 13.2 Å². The molecule has 2 saturated heterocycles. The minimum Gasteiger partial charge on any atom is -0.486 e. The smallest absolute Gasteiger partial charge is 0.227 e. The van der Waals surface area contributed by atoms with Gasteiger partial charge in [-0.1, -0.05) is 6.07 Å². The molecule has 3 aliphatic heterocycles. The Bertz CT molecular complexity index is 762. The molecule has 1 aromatic rings. The fraction of sp³-hybridized carbons (Fsp3) is 0.562. The van der Waals surface area contributed by atoms with Crippen molar-refractivity contribution in [3.05, 3.63) is 23.8 Å². The van der Waals surface area contributed by atoms with Crippen molar-refractivity contribution in [2.75, 3.05) is 37.9 Å². The normalized spacial score (nSPS) is 27.6. The fourth-order valence-corrected chi connectivity index (χ4v) is 5.37. The third kappa shape index (κ3) is 2.95. The van der Waals surface area contributed by atoms with E-state index in [-0.39, 0.29) is 29.9 Å². The molecule has 7 nitrogen and oxygen atoms in total. The molecule has 0 bridgehead atoms. The summed E-state index contributed by atoms with van der Waals surface area (Å²) in [5.41, 5.74) is 0.827. The van der Waals surface area contributed by atoms with Gasteiger partial charge in [-0.2, -0.15) is 0 Å². The van der Waals surface area contributed by atoms with Crippen LogP contribution in [0.25, 0.3) is 0 Å². The SMILES string of the molecule is O=C(Cc1ccc2c(c1)OCCO2)N1CCOC2CS(=O)(=O)CC21. The van der Waals surface area contributed by atoms with Crippen molar-refractivity contribution in [1.29, 1.82) is 0 Å². The molecule has 3 aliphatic rings. The fourth-order valence-electron chi connectivity index (χ4n) is 3.50. The molecule has 1 aromatic carbocycles. The van der Waals surface area contributed by atoms with E-state index in [0.29, 0.717) is 37.9 Å². The van der Waals surface area contributed by atoms with Gasteiger partial charge in [0.1, 0.15) is 13.2 Å². The summed E-state index contributed by atoms with van der Waals surface area (Å²) >= 11 is 0. The molecule has 3 heterocycles. The molecule has 8 heteroatoms. The average molecular weight is 353 g/mol. The number of carbonyl (C=O) groups excluding carboxylic acids is 1. The van der Waals surface area contributed by atoms with E-state index >= 15 is 0 Å². The van der Waals surface area contributed by atoms with E-state index in [1.807, 2.05) is 12.1 Å². The van der Waals surface area contributed by atoms with Crippen molar-refractivity contribution in [2.24, 2.45) is 0 Å². The van der Waals surface area contributed by atoms with Crippen LogP contribution in [0.3, 0.4) is 0 Å². The van der Waals surface area contributed by atoms with Crippen molar-refractivity contribution in [1.82, 2.24) is 4.90 Å². The lowest BCUT2D eigenvalue weighted by Gasteiger charge is -2.36. The van der Waals surface area contributed by atoms with Crippen molar-refractivity contribution >= 4 is 15.7 Å². The van der Waals surface area contributed by atoms with Gasteiger partial charge < -0.3 is 19.1 Å². The van der Waals surface area contributed by atoms with Gasteiger partial charge in [-0.25, -0.2) is 8.42 Å². The van der Waals surface area contributed by atoms with Gasteiger partial charge in [-0.05, 0) is 17.7 Å². The number of carbonyl (C=O) groups is 1. The molecular formula is C16H19NO6S. The zero-order chi connectivity index (χ0) is 16.7. The molecule has 0 N–H and O–H groups in total. The van der Waals surface area contributed by atoms with E-state index in [1.54, 1.807) is 11.0 Å². The quantitative estimate of drug-likeness (QED) is 0.746. The average Bonchev–Trinajstić information content (AvgIpc) is 2.88. The van der Waals surface area contributed by atoms with Gasteiger partial charge >= 0.3 is 0 Å². The number of fused-ring (bicyclic) bond motifs is 2. The monoisotopic (exact) mass is 353 g/mol. The van der Waals surface area contributed by atoms with Crippen molar-refractivity contribution in [3.63, 3.8) is 0 Å². The number of hydrogen-bond acceptors (Lipinski definition) is 6. The molecule has 24 heavy (non-hydrogen) atoms. The van der Waals surface area contributed by atoms with Crippen LogP contribution in [0.2, 0.25) is 0 Å². The lowest BCUT2D eigenvalue weighted by molar-refractivity contribution is -0.142. The first kappa shape index (κ1) is 15.7. The van der Waals surface area contributed by atoms with Gasteiger partial charge in [0.15, 0.2) is 21.3 Å². The number of nitrogens with zero attached hydrogens (tertiary/aromatic N) is 1. The summed E-state index contributed by atoms with van der Waals surface area (Å²) in [4.78, 5) is 14.4. The zero-order valence-corrected chi connectivity index (χ0v) is 14.0. The molecule has 0 aliphatic carbocycles. The summed E-state index contributed by atoms with van der Waals surface area (Å²) in [6.07, 6.45) is -0.187. The number of morpholine rings is 1. The molecule has 4 rings (SSSR count). The second-order valence-corrected chi connectivity index (χ2v) is 8.45. The largest absolute Gasteiger partial charge is 0.486 e. The van der Waals surface area contributed by atoms with Gasteiger partial charge in [-0.15, -0.1) is 0 Å². The van der Waals surface area contributed by atoms with E-state index in [0.717, 1.165) is 5.56 Å². The van der Waals surface area contributed by atoms with Crippen molar-refractivity contribution < 1.29 is 27.4 Å². The predicted octanol–water partition coefficient (Wildman–Crippen LogP) is 0.0247. The van der Waals surface area contributed by atoms with Gasteiger partial charge in [-0.3, -0.25) is 4.79 Å². The molecule has 2 fully saturated rings. The summed E-state index contributed by atoms with van der Waals surface area (Å²) in [6, 6.07) is 5.09. The van der Waals surface area contributed by atoms with Crippen LogP contribution in [0, 0.1) is 0 Å². The first-order valence-corrected chi connectivity index (χ1v) is 9.84. The van der Waals surface area contributed by atoms with E-state index in [4.69, 9.17) is 14.2 Å². The second kappa shape index (κ2) is 5.93. The Morgan fingerprint density at radius 3 is 2.75 bits per heavy atom. The first-order valence-electron chi connectivity index (χ1n) is 8.02. The minimum atomic E-state index is -3.14. The maximum absolute atomic E-state index is 12.7.